The highest BCUT2D eigenvalue weighted by atomic mass is 79.9. The molecule has 0 radical (unpaired) electrons. The number of nitrogens with zero attached hydrogens (tertiary/aromatic N) is 2. The van der Waals surface area contributed by atoms with Crippen molar-refractivity contribution < 1.29 is 0 Å². The van der Waals surface area contributed by atoms with Crippen LogP contribution in [0.25, 0.3) is 11.0 Å². The van der Waals surface area contributed by atoms with E-state index in [1.54, 1.807) is 0 Å². The summed E-state index contributed by atoms with van der Waals surface area (Å²) in [7, 11) is 0. The van der Waals surface area contributed by atoms with E-state index in [1.807, 2.05) is 30.7 Å². The van der Waals surface area contributed by atoms with Gasteiger partial charge in [-0.25, -0.2) is 0 Å². The number of hydrogen-bond acceptors (Lipinski definition) is 4. The molecule has 7 heteroatoms. The normalized spacial score (nSPS) is 11.1. The van der Waals surface area contributed by atoms with Crippen molar-refractivity contribution >= 4 is 50.5 Å². The molecule has 1 aromatic heterocycles. The molecule has 0 N–H and O–H groups in total. The van der Waals surface area contributed by atoms with Crippen LogP contribution in [0.3, 0.4) is 0 Å². The Bertz CT molecular complexity index is 724. The zero-order chi connectivity index (χ0) is 14.0. The molecule has 0 bridgehead atoms. The molecule has 4 nitrogen and oxygen atoms in total. The van der Waals surface area contributed by atoms with Gasteiger partial charge in [0.25, 0.3) is 0 Å². The van der Waals surface area contributed by atoms with Gasteiger partial charge in [-0.3, -0.25) is 18.7 Å². The lowest BCUT2D eigenvalue weighted by molar-refractivity contribution is 0.781. The lowest BCUT2D eigenvalue weighted by Gasteiger charge is -2.13. The molecule has 0 saturated heterocycles. The zero-order valence-electron chi connectivity index (χ0n) is 10.6. The van der Waals surface area contributed by atoms with Crippen molar-refractivity contribution in [3.63, 3.8) is 0 Å². The van der Waals surface area contributed by atoms with Gasteiger partial charge in [0.15, 0.2) is 0 Å². The second kappa shape index (κ2) is 6.19. The van der Waals surface area contributed by atoms with Crippen molar-refractivity contribution in [1.82, 2.24) is 9.13 Å². The summed E-state index contributed by atoms with van der Waals surface area (Å²) in [4.78, 5) is 24.3. The van der Waals surface area contributed by atoms with E-state index in [-0.39, 0.29) is 0 Å². The predicted molar refractivity (Wildman–Crippen MR) is 87.2 cm³/mol. The van der Waals surface area contributed by atoms with E-state index in [1.165, 1.54) is 32.7 Å². The maximum absolute atomic E-state index is 12.2. The molecule has 0 atom stereocenters. The van der Waals surface area contributed by atoms with E-state index < -0.39 is 11.1 Å². The first-order valence-corrected chi connectivity index (χ1v) is 9.09. The lowest BCUT2D eigenvalue weighted by Crippen LogP contribution is -2.41. The Labute approximate surface area is 127 Å². The van der Waals surface area contributed by atoms with Crippen LogP contribution < -0.4 is 11.1 Å². The SMILES string of the molecule is CSCn1c(=O)c(=O)n(CSC)c2cc(Br)ccc21. The van der Waals surface area contributed by atoms with Crippen molar-refractivity contribution in [3.8, 4) is 0 Å². The number of fused-ring (bicyclic) bond motifs is 1. The molecule has 0 aliphatic carbocycles. The predicted octanol–water partition coefficient (Wildman–Crippen LogP) is 2.57. The molecule has 102 valence electrons. The Morgan fingerprint density at radius 2 is 1.53 bits per heavy atom. The largest absolute Gasteiger partial charge is 0.317 e. The summed E-state index contributed by atoms with van der Waals surface area (Å²) < 4.78 is 3.96. The fourth-order valence-corrected chi connectivity index (χ4v) is 3.28. The molecule has 2 aromatic rings. The molecule has 2 rings (SSSR count). The highest BCUT2D eigenvalue weighted by Crippen LogP contribution is 2.19. The Kier molecular flexibility index (Phi) is 4.81. The maximum Gasteiger partial charge on any atom is 0.317 e. The van der Waals surface area contributed by atoms with Gasteiger partial charge in [0.2, 0.25) is 0 Å². The molecule has 1 aromatic carbocycles. The molecule has 0 aliphatic rings. The van der Waals surface area contributed by atoms with Gasteiger partial charge in [0.05, 0.1) is 22.8 Å². The molecule has 0 amide bonds. The van der Waals surface area contributed by atoms with Crippen molar-refractivity contribution in [2.24, 2.45) is 0 Å². The number of rotatable bonds is 4. The third-order valence-electron chi connectivity index (χ3n) is 2.71. The first kappa shape index (κ1) is 14.7. The minimum atomic E-state index is -0.464. The monoisotopic (exact) mass is 360 g/mol. The van der Waals surface area contributed by atoms with Crippen molar-refractivity contribution in [2.45, 2.75) is 11.8 Å². The van der Waals surface area contributed by atoms with Gasteiger partial charge >= 0.3 is 11.1 Å². The maximum atomic E-state index is 12.2. The van der Waals surface area contributed by atoms with Gasteiger partial charge in [-0.2, -0.15) is 0 Å². The number of thioether (sulfide) groups is 2. The summed E-state index contributed by atoms with van der Waals surface area (Å²) >= 11 is 6.44. The second-order valence-corrected chi connectivity index (χ2v) is 6.52. The average Bonchev–Trinajstić information content (AvgIpc) is 2.40. The van der Waals surface area contributed by atoms with Gasteiger partial charge in [-0.05, 0) is 30.7 Å². The first-order chi connectivity index (χ1) is 9.10. The van der Waals surface area contributed by atoms with Gasteiger partial charge in [0, 0.05) is 4.47 Å². The average molecular weight is 361 g/mol. The summed E-state index contributed by atoms with van der Waals surface area (Å²) in [6.45, 7) is 0. The van der Waals surface area contributed by atoms with Gasteiger partial charge in [0.1, 0.15) is 0 Å². The van der Waals surface area contributed by atoms with Gasteiger partial charge in [-0.1, -0.05) is 15.9 Å². The number of hydrogen-bond donors (Lipinski definition) is 0. The molecule has 19 heavy (non-hydrogen) atoms. The van der Waals surface area contributed by atoms with Crippen LogP contribution in [-0.4, -0.2) is 21.6 Å². The zero-order valence-corrected chi connectivity index (χ0v) is 13.8. The molecule has 0 saturated carbocycles. The topological polar surface area (TPSA) is 44.0 Å². The summed E-state index contributed by atoms with van der Waals surface area (Å²) in [5.74, 6) is 0.952. The summed E-state index contributed by atoms with van der Waals surface area (Å²) in [6, 6.07) is 5.63. The van der Waals surface area contributed by atoms with Crippen LogP contribution in [0.15, 0.2) is 32.3 Å². The van der Waals surface area contributed by atoms with Crippen LogP contribution in [0.2, 0.25) is 0 Å². The molecule has 0 aliphatic heterocycles. The van der Waals surface area contributed by atoms with Crippen LogP contribution in [0.5, 0.6) is 0 Å². The number of benzene rings is 1. The Morgan fingerprint density at radius 1 is 1.00 bits per heavy atom. The van der Waals surface area contributed by atoms with Crippen LogP contribution in [0.1, 0.15) is 0 Å². The highest BCUT2D eigenvalue weighted by molar-refractivity contribution is 9.10. The number of halogens is 1. The van der Waals surface area contributed by atoms with E-state index in [0.29, 0.717) is 11.8 Å². The Balaban J connectivity index is 2.92. The van der Waals surface area contributed by atoms with E-state index in [0.717, 1.165) is 15.5 Å². The standard InChI is InChI=1S/C12H13BrN2O2S2/c1-18-6-14-9-4-3-8(13)5-10(9)15(7-19-2)12(17)11(14)16/h3-5H,6-7H2,1-2H3. The Morgan fingerprint density at radius 3 is 2.05 bits per heavy atom. The molecule has 0 unspecified atom stereocenters. The third-order valence-corrected chi connectivity index (χ3v) is 4.23. The van der Waals surface area contributed by atoms with E-state index in [4.69, 9.17) is 0 Å². The van der Waals surface area contributed by atoms with Crippen molar-refractivity contribution in [1.29, 1.82) is 0 Å². The molecular weight excluding hydrogens is 348 g/mol. The summed E-state index contributed by atoms with van der Waals surface area (Å²) in [6.07, 6.45) is 3.81. The molecule has 1 heterocycles. The molecule has 0 spiro atoms. The van der Waals surface area contributed by atoms with E-state index in [9.17, 15) is 9.59 Å². The third kappa shape index (κ3) is 2.78. The second-order valence-electron chi connectivity index (χ2n) is 3.93. The highest BCUT2D eigenvalue weighted by Gasteiger charge is 2.12. The van der Waals surface area contributed by atoms with Gasteiger partial charge in [-0.15, -0.1) is 23.5 Å². The van der Waals surface area contributed by atoms with Crippen LogP contribution in [0.4, 0.5) is 0 Å². The fraction of sp³-hybridized carbons (Fsp3) is 0.333. The summed E-state index contributed by atoms with van der Waals surface area (Å²) in [5.41, 5.74) is 0.644. The fourth-order valence-electron chi connectivity index (χ4n) is 1.91. The van der Waals surface area contributed by atoms with Crippen LogP contribution in [0, 0.1) is 0 Å². The number of aromatic nitrogens is 2. The summed E-state index contributed by atoms with van der Waals surface area (Å²) in [5, 5.41) is 0. The molecular formula is C12H13BrN2O2S2. The lowest BCUT2D eigenvalue weighted by atomic mass is 10.3. The van der Waals surface area contributed by atoms with Crippen LogP contribution in [-0.2, 0) is 11.8 Å². The van der Waals surface area contributed by atoms with E-state index >= 15 is 0 Å². The van der Waals surface area contributed by atoms with E-state index in [2.05, 4.69) is 15.9 Å². The van der Waals surface area contributed by atoms with Gasteiger partial charge < -0.3 is 0 Å². The minimum absolute atomic E-state index is 0.460. The van der Waals surface area contributed by atoms with Crippen molar-refractivity contribution in [2.75, 3.05) is 12.5 Å². The Hall–Kier alpha value is -0.660. The van der Waals surface area contributed by atoms with Crippen molar-refractivity contribution in [3.05, 3.63) is 43.4 Å². The quantitative estimate of drug-likeness (QED) is 0.786. The smallest absolute Gasteiger partial charge is 0.292 e. The molecule has 0 fully saturated rings. The van der Waals surface area contributed by atoms with Crippen LogP contribution >= 0.6 is 39.5 Å². The minimum Gasteiger partial charge on any atom is -0.292 e. The first-order valence-electron chi connectivity index (χ1n) is 5.51.